The Kier molecular flexibility index (Phi) is 2.67. The molecule has 1 aliphatic rings. The molecule has 0 aromatic rings. The molecule has 1 heterocycles. The summed E-state index contributed by atoms with van der Waals surface area (Å²) in [6.07, 6.45) is 1.46. The molecule has 2 atom stereocenters. The summed E-state index contributed by atoms with van der Waals surface area (Å²) in [6.45, 7) is 2.84. The van der Waals surface area contributed by atoms with E-state index in [2.05, 4.69) is 0 Å². The van der Waals surface area contributed by atoms with E-state index in [1.807, 2.05) is 0 Å². The molecule has 2 unspecified atom stereocenters. The van der Waals surface area contributed by atoms with Gasteiger partial charge in [0.1, 0.15) is 5.37 Å². The second kappa shape index (κ2) is 3.34. The molecule has 5 nitrogen and oxygen atoms in total. The van der Waals surface area contributed by atoms with Crippen molar-refractivity contribution < 1.29 is 18.9 Å². The molecule has 1 saturated heterocycles. The highest BCUT2D eigenvalue weighted by Crippen LogP contribution is 2.39. The van der Waals surface area contributed by atoms with Crippen LogP contribution < -0.4 is 5.11 Å². The SMILES string of the molecule is CS(=O)C1N(CC(=O)[O-])C(=O)C1(C)C. The van der Waals surface area contributed by atoms with Crippen LogP contribution in [0.2, 0.25) is 0 Å². The molecule has 0 N–H and O–H groups in total. The molecule has 1 rings (SSSR count). The predicted molar refractivity (Wildman–Crippen MR) is 48.4 cm³/mol. The van der Waals surface area contributed by atoms with E-state index in [4.69, 9.17) is 0 Å². The zero-order valence-corrected chi connectivity index (χ0v) is 9.09. The maximum Gasteiger partial charge on any atom is 0.232 e. The van der Waals surface area contributed by atoms with Crippen LogP contribution in [-0.2, 0) is 20.4 Å². The molecule has 0 spiro atoms. The minimum atomic E-state index is -1.33. The van der Waals surface area contributed by atoms with E-state index in [1.165, 1.54) is 6.26 Å². The highest BCUT2D eigenvalue weighted by Gasteiger charge is 2.55. The number of carbonyl (C=O) groups is 2. The minimum Gasteiger partial charge on any atom is -0.548 e. The lowest BCUT2D eigenvalue weighted by Gasteiger charge is -2.51. The molecule has 1 aliphatic heterocycles. The number of nitrogens with zero attached hydrogens (tertiary/aromatic N) is 1. The van der Waals surface area contributed by atoms with Gasteiger partial charge in [-0.1, -0.05) is 0 Å². The standard InChI is InChI=1S/C8H13NO4S/c1-8(2)6(12)9(4-5(10)11)7(8)14(3)13/h7H,4H2,1-3H3,(H,10,11)/p-1. The molecule has 0 radical (unpaired) electrons. The number of likely N-dealkylation sites (tertiary alicyclic amines) is 1. The first-order valence-electron chi connectivity index (χ1n) is 4.11. The summed E-state index contributed by atoms with van der Waals surface area (Å²) in [5.41, 5.74) is -0.727. The number of amides is 1. The lowest BCUT2D eigenvalue weighted by atomic mass is 9.82. The Bertz CT molecular complexity index is 312. The summed E-state index contributed by atoms with van der Waals surface area (Å²) < 4.78 is 11.3. The van der Waals surface area contributed by atoms with Gasteiger partial charge >= 0.3 is 0 Å². The largest absolute Gasteiger partial charge is 0.548 e. The van der Waals surface area contributed by atoms with Gasteiger partial charge in [0.15, 0.2) is 0 Å². The number of hydrogen-bond acceptors (Lipinski definition) is 4. The predicted octanol–water partition coefficient (Wildman–Crippen LogP) is -1.69. The number of carboxylic acid groups (broad SMARTS) is 1. The fraction of sp³-hybridized carbons (Fsp3) is 0.750. The molecule has 14 heavy (non-hydrogen) atoms. The third kappa shape index (κ3) is 1.54. The topological polar surface area (TPSA) is 77.5 Å². The average molecular weight is 218 g/mol. The van der Waals surface area contributed by atoms with Crippen molar-refractivity contribution in [3.63, 3.8) is 0 Å². The Hall–Kier alpha value is -0.910. The molecule has 0 aromatic carbocycles. The van der Waals surface area contributed by atoms with Crippen LogP contribution in [0, 0.1) is 5.41 Å². The number of hydrogen-bond donors (Lipinski definition) is 0. The summed E-state index contributed by atoms with van der Waals surface area (Å²) in [5.74, 6) is -1.62. The zero-order valence-electron chi connectivity index (χ0n) is 8.27. The lowest BCUT2D eigenvalue weighted by Crippen LogP contribution is -2.69. The second-order valence-electron chi connectivity index (χ2n) is 3.88. The van der Waals surface area contributed by atoms with Gasteiger partial charge in [0.2, 0.25) is 5.91 Å². The molecule has 0 aromatic heterocycles. The van der Waals surface area contributed by atoms with Gasteiger partial charge in [0.25, 0.3) is 0 Å². The van der Waals surface area contributed by atoms with Crippen molar-refractivity contribution in [3.8, 4) is 0 Å². The van der Waals surface area contributed by atoms with E-state index in [1.54, 1.807) is 13.8 Å². The van der Waals surface area contributed by atoms with Crippen molar-refractivity contribution in [1.29, 1.82) is 0 Å². The van der Waals surface area contributed by atoms with Gasteiger partial charge in [-0.3, -0.25) is 9.00 Å². The lowest BCUT2D eigenvalue weighted by molar-refractivity contribution is -0.307. The van der Waals surface area contributed by atoms with Crippen LogP contribution >= 0.6 is 0 Å². The quantitative estimate of drug-likeness (QED) is 0.529. The monoisotopic (exact) mass is 218 g/mol. The number of β-lactam (4-membered cyclic amide) rings is 1. The Morgan fingerprint density at radius 3 is 2.50 bits per heavy atom. The van der Waals surface area contributed by atoms with E-state index < -0.39 is 34.1 Å². The molecular formula is C8H12NO4S-. The van der Waals surface area contributed by atoms with E-state index in [-0.39, 0.29) is 5.91 Å². The van der Waals surface area contributed by atoms with E-state index >= 15 is 0 Å². The molecular weight excluding hydrogens is 206 g/mol. The summed E-state index contributed by atoms with van der Waals surface area (Å²) >= 11 is 0. The van der Waals surface area contributed by atoms with Gasteiger partial charge in [-0.05, 0) is 13.8 Å². The van der Waals surface area contributed by atoms with Gasteiger partial charge in [-0.25, -0.2) is 0 Å². The highest BCUT2D eigenvalue weighted by molar-refractivity contribution is 7.85. The third-order valence-electron chi connectivity index (χ3n) is 2.33. The van der Waals surface area contributed by atoms with Crippen molar-refractivity contribution in [2.24, 2.45) is 5.41 Å². The van der Waals surface area contributed by atoms with Gasteiger partial charge in [-0.2, -0.15) is 0 Å². The summed E-state index contributed by atoms with van der Waals surface area (Å²) in [7, 11) is -1.25. The number of rotatable bonds is 3. The normalized spacial score (nSPS) is 26.9. The Morgan fingerprint density at radius 1 is 1.64 bits per heavy atom. The van der Waals surface area contributed by atoms with Crippen LogP contribution in [0.4, 0.5) is 0 Å². The van der Waals surface area contributed by atoms with Crippen LogP contribution in [-0.4, -0.2) is 39.2 Å². The van der Waals surface area contributed by atoms with E-state index in [9.17, 15) is 18.9 Å². The van der Waals surface area contributed by atoms with Crippen molar-refractivity contribution >= 4 is 22.7 Å². The van der Waals surface area contributed by atoms with E-state index in [0.29, 0.717) is 0 Å². The molecule has 6 heteroatoms. The Labute approximate surface area is 84.5 Å². The van der Waals surface area contributed by atoms with Crippen LogP contribution in [0.25, 0.3) is 0 Å². The fourth-order valence-corrected chi connectivity index (χ4v) is 3.25. The van der Waals surface area contributed by atoms with Crippen LogP contribution in [0.1, 0.15) is 13.8 Å². The summed E-state index contributed by atoms with van der Waals surface area (Å²) in [5, 5.41) is 9.80. The minimum absolute atomic E-state index is 0.290. The van der Waals surface area contributed by atoms with Crippen LogP contribution in [0.15, 0.2) is 0 Å². The third-order valence-corrected chi connectivity index (χ3v) is 3.80. The van der Waals surface area contributed by atoms with Gasteiger partial charge < -0.3 is 14.8 Å². The molecule has 0 bridgehead atoms. The zero-order chi connectivity index (χ0) is 11.1. The van der Waals surface area contributed by atoms with Crippen molar-refractivity contribution in [2.75, 3.05) is 12.8 Å². The maximum absolute atomic E-state index is 11.4. The van der Waals surface area contributed by atoms with Crippen LogP contribution in [0.5, 0.6) is 0 Å². The van der Waals surface area contributed by atoms with Crippen molar-refractivity contribution in [2.45, 2.75) is 19.2 Å². The molecule has 1 amide bonds. The molecule has 80 valence electrons. The van der Waals surface area contributed by atoms with Crippen molar-refractivity contribution in [1.82, 2.24) is 4.90 Å². The second-order valence-corrected chi connectivity index (χ2v) is 5.32. The summed E-state index contributed by atoms with van der Waals surface area (Å²) in [6, 6.07) is 0. The molecule has 1 fully saturated rings. The number of carbonyl (C=O) groups excluding carboxylic acids is 2. The van der Waals surface area contributed by atoms with Crippen LogP contribution in [0.3, 0.4) is 0 Å². The Morgan fingerprint density at radius 2 is 2.14 bits per heavy atom. The molecule has 0 aliphatic carbocycles. The van der Waals surface area contributed by atoms with Crippen molar-refractivity contribution in [3.05, 3.63) is 0 Å². The van der Waals surface area contributed by atoms with Gasteiger partial charge in [0, 0.05) is 17.1 Å². The van der Waals surface area contributed by atoms with Gasteiger partial charge in [0.05, 0.1) is 17.9 Å². The number of carboxylic acids is 1. The van der Waals surface area contributed by atoms with Gasteiger partial charge in [-0.15, -0.1) is 0 Å². The smallest absolute Gasteiger partial charge is 0.232 e. The Balaban J connectivity index is 2.84. The first-order valence-corrected chi connectivity index (χ1v) is 5.73. The highest BCUT2D eigenvalue weighted by atomic mass is 32.2. The first-order chi connectivity index (χ1) is 6.28. The first kappa shape index (κ1) is 11.2. The van der Waals surface area contributed by atoms with E-state index in [0.717, 1.165) is 4.90 Å². The maximum atomic E-state index is 11.4. The number of aliphatic carboxylic acids is 1. The fourth-order valence-electron chi connectivity index (χ4n) is 1.79. The molecule has 0 saturated carbocycles. The summed E-state index contributed by atoms with van der Waals surface area (Å²) in [4.78, 5) is 22.8. The average Bonchev–Trinajstić information content (AvgIpc) is 2.00.